The molecule has 0 aromatic carbocycles. The maximum atomic E-state index is 12.1. The second-order valence-corrected chi connectivity index (χ2v) is 6.93. The summed E-state index contributed by atoms with van der Waals surface area (Å²) in [4.78, 5) is 18.3. The summed E-state index contributed by atoms with van der Waals surface area (Å²) in [5, 5.41) is 6.65. The molecular weight excluding hydrogens is 320 g/mol. The molecule has 0 fully saturated rings. The number of aromatic nitrogens is 2. The number of nitrogens with zero attached hydrogens (tertiary/aromatic N) is 3. The van der Waals surface area contributed by atoms with E-state index in [1.807, 2.05) is 29.3 Å². The van der Waals surface area contributed by atoms with Gasteiger partial charge in [0.2, 0.25) is 0 Å². The van der Waals surface area contributed by atoms with Crippen molar-refractivity contribution in [2.75, 3.05) is 7.05 Å². The van der Waals surface area contributed by atoms with Crippen LogP contribution in [-0.2, 0) is 20.1 Å². The van der Waals surface area contributed by atoms with Gasteiger partial charge in [0.15, 0.2) is 0 Å². The third kappa shape index (κ3) is 4.24. The van der Waals surface area contributed by atoms with Gasteiger partial charge in [0.25, 0.3) is 0 Å². The van der Waals surface area contributed by atoms with E-state index in [9.17, 15) is 4.79 Å². The highest BCUT2D eigenvalue weighted by Crippen LogP contribution is 2.19. The van der Waals surface area contributed by atoms with Crippen molar-refractivity contribution in [2.45, 2.75) is 32.9 Å². The second kappa shape index (κ2) is 7.15. The van der Waals surface area contributed by atoms with Crippen LogP contribution in [-0.4, -0.2) is 27.5 Å². The van der Waals surface area contributed by atoms with E-state index in [1.54, 1.807) is 23.3 Å². The smallest absolute Gasteiger partial charge is 0.317 e. The average Bonchev–Trinajstić information content (AvgIpc) is 3.03. The maximum Gasteiger partial charge on any atom is 0.317 e. The van der Waals surface area contributed by atoms with Crippen LogP contribution in [0, 0.1) is 0 Å². The van der Waals surface area contributed by atoms with Gasteiger partial charge in [0, 0.05) is 37.3 Å². The summed E-state index contributed by atoms with van der Waals surface area (Å²) in [6.45, 7) is 5.17. The molecule has 5 nitrogen and oxygen atoms in total. The summed E-state index contributed by atoms with van der Waals surface area (Å²) in [6, 6.07) is 1.73. The number of halogens is 1. The van der Waals surface area contributed by atoms with E-state index in [-0.39, 0.29) is 6.03 Å². The maximum absolute atomic E-state index is 12.1. The molecule has 0 aliphatic rings. The van der Waals surface area contributed by atoms with E-state index in [2.05, 4.69) is 24.1 Å². The first-order valence-electron chi connectivity index (χ1n) is 7.10. The molecule has 2 aromatic heterocycles. The molecule has 0 radical (unpaired) electrons. The Morgan fingerprint density at radius 2 is 2.27 bits per heavy atom. The summed E-state index contributed by atoms with van der Waals surface area (Å²) < 4.78 is 1.92. The minimum absolute atomic E-state index is 0.128. The van der Waals surface area contributed by atoms with Gasteiger partial charge in [0.05, 0.1) is 28.8 Å². The lowest BCUT2D eigenvalue weighted by atomic mass is 10.2. The Hall–Kier alpha value is -1.53. The lowest BCUT2D eigenvalue weighted by Gasteiger charge is -2.18. The molecule has 0 bridgehead atoms. The molecule has 0 aliphatic carbocycles. The molecule has 2 aromatic rings. The van der Waals surface area contributed by atoms with Crippen molar-refractivity contribution in [1.82, 2.24) is 19.8 Å². The van der Waals surface area contributed by atoms with Crippen LogP contribution in [0.4, 0.5) is 4.79 Å². The van der Waals surface area contributed by atoms with Crippen LogP contribution in [0.2, 0.25) is 5.02 Å². The van der Waals surface area contributed by atoms with E-state index >= 15 is 0 Å². The Morgan fingerprint density at radius 1 is 1.55 bits per heavy atom. The van der Waals surface area contributed by atoms with E-state index in [4.69, 9.17) is 11.6 Å². The Labute approximate surface area is 139 Å². The molecular formula is C15H21ClN4OS. The standard InChI is InChI=1S/C15H21ClN4OS/c1-10(2)14-18-12(9-22-14)6-17-15(21)20(4)8-13-5-11(16)7-19(13)3/h5,7,9-10H,6,8H2,1-4H3,(H,17,21). The second-order valence-electron chi connectivity index (χ2n) is 5.61. The largest absolute Gasteiger partial charge is 0.351 e. The average molecular weight is 341 g/mol. The number of aryl methyl sites for hydroxylation is 1. The van der Waals surface area contributed by atoms with Crippen molar-refractivity contribution >= 4 is 29.0 Å². The third-order valence-electron chi connectivity index (χ3n) is 3.30. The fourth-order valence-corrected chi connectivity index (χ4v) is 3.12. The van der Waals surface area contributed by atoms with Crippen LogP contribution >= 0.6 is 22.9 Å². The number of thiazole rings is 1. The number of amides is 2. The third-order valence-corrected chi connectivity index (χ3v) is 4.71. The van der Waals surface area contributed by atoms with Crippen molar-refractivity contribution in [3.8, 4) is 0 Å². The summed E-state index contributed by atoms with van der Waals surface area (Å²) in [7, 11) is 3.67. The number of nitrogens with one attached hydrogen (secondary N) is 1. The van der Waals surface area contributed by atoms with Crippen LogP contribution in [0.25, 0.3) is 0 Å². The van der Waals surface area contributed by atoms with Gasteiger partial charge in [-0.1, -0.05) is 25.4 Å². The van der Waals surface area contributed by atoms with E-state index in [0.717, 1.165) is 16.4 Å². The zero-order chi connectivity index (χ0) is 16.3. The van der Waals surface area contributed by atoms with Gasteiger partial charge in [-0.2, -0.15) is 0 Å². The molecule has 1 N–H and O–H groups in total. The number of carbonyl (C=O) groups is 1. The Bertz CT molecular complexity index is 650. The van der Waals surface area contributed by atoms with Crippen LogP contribution in [0.15, 0.2) is 17.6 Å². The van der Waals surface area contributed by atoms with Gasteiger partial charge in [-0.05, 0) is 6.07 Å². The molecule has 0 atom stereocenters. The summed E-state index contributed by atoms with van der Waals surface area (Å²) >= 11 is 7.58. The lowest BCUT2D eigenvalue weighted by molar-refractivity contribution is 0.205. The van der Waals surface area contributed by atoms with Gasteiger partial charge in [0.1, 0.15) is 0 Å². The zero-order valence-corrected chi connectivity index (χ0v) is 14.8. The predicted molar refractivity (Wildman–Crippen MR) is 90.3 cm³/mol. The normalized spacial score (nSPS) is 11.0. The first-order chi connectivity index (χ1) is 10.4. The van der Waals surface area contributed by atoms with Crippen molar-refractivity contribution in [3.63, 3.8) is 0 Å². The topological polar surface area (TPSA) is 50.2 Å². The van der Waals surface area contributed by atoms with Crippen LogP contribution in [0.3, 0.4) is 0 Å². The molecule has 120 valence electrons. The molecule has 0 unspecified atom stereocenters. The van der Waals surface area contributed by atoms with Gasteiger partial charge in [-0.3, -0.25) is 0 Å². The van der Waals surface area contributed by atoms with E-state index in [1.165, 1.54) is 0 Å². The van der Waals surface area contributed by atoms with Crippen LogP contribution < -0.4 is 5.32 Å². The number of carbonyl (C=O) groups excluding carboxylic acids is 1. The fourth-order valence-electron chi connectivity index (χ4n) is 2.01. The van der Waals surface area contributed by atoms with Crippen LogP contribution in [0.1, 0.15) is 36.2 Å². The lowest BCUT2D eigenvalue weighted by Crippen LogP contribution is -2.36. The molecule has 0 aliphatic heterocycles. The van der Waals surface area contributed by atoms with Gasteiger partial charge < -0.3 is 14.8 Å². The number of hydrogen-bond donors (Lipinski definition) is 1. The molecule has 22 heavy (non-hydrogen) atoms. The monoisotopic (exact) mass is 340 g/mol. The number of hydrogen-bond acceptors (Lipinski definition) is 3. The highest BCUT2D eigenvalue weighted by atomic mass is 35.5. The van der Waals surface area contributed by atoms with Crippen molar-refractivity contribution in [3.05, 3.63) is 39.1 Å². The first kappa shape index (κ1) is 16.8. The van der Waals surface area contributed by atoms with Crippen LogP contribution in [0.5, 0.6) is 0 Å². The molecule has 2 rings (SSSR count). The molecule has 2 amide bonds. The highest BCUT2D eigenvalue weighted by Gasteiger charge is 2.12. The summed E-state index contributed by atoms with van der Waals surface area (Å²) in [5.74, 6) is 0.416. The van der Waals surface area contributed by atoms with E-state index < -0.39 is 0 Å². The molecule has 2 heterocycles. The fraction of sp³-hybridized carbons (Fsp3) is 0.467. The zero-order valence-electron chi connectivity index (χ0n) is 13.3. The minimum atomic E-state index is -0.128. The van der Waals surface area contributed by atoms with Crippen molar-refractivity contribution in [1.29, 1.82) is 0 Å². The summed E-state index contributed by atoms with van der Waals surface area (Å²) in [6.07, 6.45) is 1.82. The quantitative estimate of drug-likeness (QED) is 0.904. The van der Waals surface area contributed by atoms with Crippen molar-refractivity contribution in [2.24, 2.45) is 7.05 Å². The number of urea groups is 1. The molecule has 0 spiro atoms. The Morgan fingerprint density at radius 3 is 2.82 bits per heavy atom. The van der Waals surface area contributed by atoms with Gasteiger partial charge in [-0.25, -0.2) is 9.78 Å². The first-order valence-corrected chi connectivity index (χ1v) is 8.36. The molecule has 7 heteroatoms. The van der Waals surface area contributed by atoms with Crippen molar-refractivity contribution < 1.29 is 4.79 Å². The molecule has 0 saturated heterocycles. The predicted octanol–water partition coefficient (Wildman–Crippen LogP) is 3.60. The highest BCUT2D eigenvalue weighted by molar-refractivity contribution is 7.09. The Kier molecular flexibility index (Phi) is 5.47. The van der Waals surface area contributed by atoms with E-state index in [0.29, 0.717) is 24.0 Å². The Balaban J connectivity index is 1.87. The molecule has 0 saturated carbocycles. The SMILES string of the molecule is CC(C)c1nc(CNC(=O)N(C)Cc2cc(Cl)cn2C)cs1. The number of rotatable bonds is 5. The summed E-state index contributed by atoms with van der Waals surface area (Å²) in [5.41, 5.74) is 1.88. The van der Waals surface area contributed by atoms with Gasteiger partial charge >= 0.3 is 6.03 Å². The minimum Gasteiger partial charge on any atom is -0.351 e. The van der Waals surface area contributed by atoms with Gasteiger partial charge in [-0.15, -0.1) is 11.3 Å².